The predicted molar refractivity (Wildman–Crippen MR) is 70.6 cm³/mol. The Morgan fingerprint density at radius 2 is 2.42 bits per heavy atom. The molecule has 1 N–H and O–H groups in total. The van der Waals surface area contributed by atoms with Crippen molar-refractivity contribution in [2.45, 2.75) is 19.5 Å². The smallest absolute Gasteiger partial charge is 0.341 e. The summed E-state index contributed by atoms with van der Waals surface area (Å²) in [4.78, 5) is 25.0. The van der Waals surface area contributed by atoms with Gasteiger partial charge >= 0.3 is 5.97 Å². The highest BCUT2D eigenvalue weighted by Crippen LogP contribution is 2.23. The standard InChI is InChI=1S/C12H15BrN2O4/c1-7-4-15(6-11(16)14-7)5-9-8(12(17)18-2)3-10(13)19-9/h3,7H,4-6H2,1-2H3,(H,14,16). The maximum atomic E-state index is 11.6. The van der Waals surface area contributed by atoms with Crippen LogP contribution in [0.2, 0.25) is 0 Å². The van der Waals surface area contributed by atoms with Gasteiger partial charge in [0.15, 0.2) is 4.67 Å². The lowest BCUT2D eigenvalue weighted by Gasteiger charge is -2.30. The minimum atomic E-state index is -0.445. The zero-order chi connectivity index (χ0) is 14.0. The molecule has 1 aliphatic heterocycles. The van der Waals surface area contributed by atoms with Crippen molar-refractivity contribution < 1.29 is 18.7 Å². The topological polar surface area (TPSA) is 71.8 Å². The molecule has 7 heteroatoms. The van der Waals surface area contributed by atoms with Crippen molar-refractivity contribution in [3.63, 3.8) is 0 Å². The summed E-state index contributed by atoms with van der Waals surface area (Å²) in [5.41, 5.74) is 0.382. The van der Waals surface area contributed by atoms with E-state index >= 15 is 0 Å². The van der Waals surface area contributed by atoms with Crippen molar-refractivity contribution in [2.75, 3.05) is 20.2 Å². The fourth-order valence-electron chi connectivity index (χ4n) is 2.14. The van der Waals surface area contributed by atoms with Crippen molar-refractivity contribution in [2.24, 2.45) is 0 Å². The molecule has 0 saturated carbocycles. The SMILES string of the molecule is COC(=O)c1cc(Br)oc1CN1CC(=O)NC(C)C1. The van der Waals surface area contributed by atoms with Crippen molar-refractivity contribution in [1.82, 2.24) is 10.2 Å². The number of carbonyl (C=O) groups excluding carboxylic acids is 2. The molecule has 6 nitrogen and oxygen atoms in total. The van der Waals surface area contributed by atoms with E-state index in [0.29, 0.717) is 35.6 Å². The molecule has 1 aliphatic rings. The minimum absolute atomic E-state index is 0.0241. The summed E-state index contributed by atoms with van der Waals surface area (Å²) >= 11 is 3.20. The van der Waals surface area contributed by atoms with Crippen molar-refractivity contribution in [1.29, 1.82) is 0 Å². The fourth-order valence-corrected chi connectivity index (χ4v) is 2.57. The van der Waals surface area contributed by atoms with Gasteiger partial charge in [0.05, 0.1) is 20.2 Å². The molecule has 0 aromatic carbocycles. The third-order valence-electron chi connectivity index (χ3n) is 2.86. The largest absolute Gasteiger partial charge is 0.465 e. The Morgan fingerprint density at radius 1 is 1.68 bits per heavy atom. The average Bonchev–Trinajstić information content (AvgIpc) is 2.68. The Balaban J connectivity index is 2.14. The summed E-state index contributed by atoms with van der Waals surface area (Å²) in [6.07, 6.45) is 0. The zero-order valence-electron chi connectivity index (χ0n) is 10.7. The van der Waals surface area contributed by atoms with E-state index in [1.807, 2.05) is 11.8 Å². The number of ether oxygens (including phenoxy) is 1. The molecule has 1 fully saturated rings. The van der Waals surface area contributed by atoms with Crippen LogP contribution in [0, 0.1) is 0 Å². The molecule has 1 aromatic rings. The highest BCUT2D eigenvalue weighted by molar-refractivity contribution is 9.10. The van der Waals surface area contributed by atoms with Crippen molar-refractivity contribution in [3.8, 4) is 0 Å². The van der Waals surface area contributed by atoms with Gasteiger partial charge in [-0.25, -0.2) is 4.79 Å². The van der Waals surface area contributed by atoms with Gasteiger partial charge in [-0.1, -0.05) is 0 Å². The average molecular weight is 331 g/mol. The second kappa shape index (κ2) is 5.75. The number of carbonyl (C=O) groups is 2. The van der Waals surface area contributed by atoms with Gasteiger partial charge < -0.3 is 14.5 Å². The minimum Gasteiger partial charge on any atom is -0.465 e. The Bertz CT molecular complexity index is 500. The first kappa shape index (κ1) is 14.1. The number of nitrogens with one attached hydrogen (secondary N) is 1. The van der Waals surface area contributed by atoms with E-state index in [-0.39, 0.29) is 11.9 Å². The Labute approximate surface area is 119 Å². The molecule has 2 rings (SSSR count). The molecular weight excluding hydrogens is 316 g/mol. The van der Waals surface area contributed by atoms with Crippen LogP contribution in [0.1, 0.15) is 23.0 Å². The molecule has 104 valence electrons. The lowest BCUT2D eigenvalue weighted by molar-refractivity contribution is -0.125. The maximum absolute atomic E-state index is 11.6. The number of nitrogens with zero attached hydrogens (tertiary/aromatic N) is 1. The third kappa shape index (κ3) is 3.36. The molecular formula is C12H15BrN2O4. The van der Waals surface area contributed by atoms with Gasteiger partial charge in [0.25, 0.3) is 0 Å². The number of halogens is 1. The number of hydrogen-bond donors (Lipinski definition) is 1. The number of amides is 1. The van der Waals surface area contributed by atoms with Crippen LogP contribution in [0.25, 0.3) is 0 Å². The zero-order valence-corrected chi connectivity index (χ0v) is 12.3. The lowest BCUT2D eigenvalue weighted by Crippen LogP contribution is -2.52. The van der Waals surface area contributed by atoms with Gasteiger partial charge in [-0.2, -0.15) is 0 Å². The van der Waals surface area contributed by atoms with Gasteiger partial charge in [-0.05, 0) is 22.9 Å². The van der Waals surface area contributed by atoms with Crippen molar-refractivity contribution >= 4 is 27.8 Å². The van der Waals surface area contributed by atoms with Crippen LogP contribution in [0.5, 0.6) is 0 Å². The first-order chi connectivity index (χ1) is 8.99. The molecule has 19 heavy (non-hydrogen) atoms. The van der Waals surface area contributed by atoms with Crippen LogP contribution < -0.4 is 5.32 Å². The molecule has 0 aliphatic carbocycles. The van der Waals surface area contributed by atoms with E-state index in [1.165, 1.54) is 7.11 Å². The Morgan fingerprint density at radius 3 is 3.05 bits per heavy atom. The number of esters is 1. The van der Waals surface area contributed by atoms with Gasteiger partial charge in [0.2, 0.25) is 5.91 Å². The van der Waals surface area contributed by atoms with Gasteiger partial charge in [-0.15, -0.1) is 0 Å². The monoisotopic (exact) mass is 330 g/mol. The van der Waals surface area contributed by atoms with Crippen LogP contribution in [0.15, 0.2) is 15.2 Å². The molecule has 1 amide bonds. The first-order valence-electron chi connectivity index (χ1n) is 5.88. The molecule has 0 spiro atoms. The van der Waals surface area contributed by atoms with E-state index in [1.54, 1.807) is 6.07 Å². The molecule has 1 saturated heterocycles. The van der Waals surface area contributed by atoms with Crippen LogP contribution in [-0.4, -0.2) is 43.0 Å². The summed E-state index contributed by atoms with van der Waals surface area (Å²) in [5.74, 6) is 0.0311. The number of methoxy groups -OCH3 is 1. The van der Waals surface area contributed by atoms with Gasteiger partial charge in [-0.3, -0.25) is 9.69 Å². The molecule has 1 unspecified atom stereocenters. The highest BCUT2D eigenvalue weighted by atomic mass is 79.9. The van der Waals surface area contributed by atoms with Crippen LogP contribution in [0.3, 0.4) is 0 Å². The lowest BCUT2D eigenvalue weighted by atomic mass is 10.2. The number of rotatable bonds is 3. The van der Waals surface area contributed by atoms with Crippen LogP contribution >= 0.6 is 15.9 Å². The first-order valence-corrected chi connectivity index (χ1v) is 6.67. The molecule has 1 aromatic heterocycles. The van der Waals surface area contributed by atoms with E-state index in [4.69, 9.17) is 9.15 Å². The second-order valence-electron chi connectivity index (χ2n) is 4.52. The normalized spacial score (nSPS) is 20.2. The van der Waals surface area contributed by atoms with Gasteiger partial charge in [0.1, 0.15) is 11.3 Å². The number of furan rings is 1. The quantitative estimate of drug-likeness (QED) is 0.842. The predicted octanol–water partition coefficient (Wildman–Crippen LogP) is 1.15. The third-order valence-corrected chi connectivity index (χ3v) is 3.25. The van der Waals surface area contributed by atoms with Crippen LogP contribution in [-0.2, 0) is 16.1 Å². The highest BCUT2D eigenvalue weighted by Gasteiger charge is 2.25. The van der Waals surface area contributed by atoms with E-state index < -0.39 is 5.97 Å². The maximum Gasteiger partial charge on any atom is 0.341 e. The molecule has 2 heterocycles. The summed E-state index contributed by atoms with van der Waals surface area (Å²) in [6.45, 7) is 3.34. The Hall–Kier alpha value is -1.34. The molecule has 0 radical (unpaired) electrons. The summed E-state index contributed by atoms with van der Waals surface area (Å²) < 4.78 is 10.6. The van der Waals surface area contributed by atoms with E-state index in [9.17, 15) is 9.59 Å². The number of hydrogen-bond acceptors (Lipinski definition) is 5. The van der Waals surface area contributed by atoms with E-state index in [2.05, 4.69) is 21.2 Å². The Kier molecular flexibility index (Phi) is 4.26. The molecule has 1 atom stereocenters. The van der Waals surface area contributed by atoms with E-state index in [0.717, 1.165) is 0 Å². The summed E-state index contributed by atoms with van der Waals surface area (Å²) in [5, 5.41) is 2.84. The van der Waals surface area contributed by atoms with Crippen molar-refractivity contribution in [3.05, 3.63) is 22.1 Å². The summed E-state index contributed by atoms with van der Waals surface area (Å²) in [7, 11) is 1.32. The fraction of sp³-hybridized carbons (Fsp3) is 0.500. The van der Waals surface area contributed by atoms with Gasteiger partial charge in [0, 0.05) is 18.7 Å². The summed E-state index contributed by atoms with van der Waals surface area (Å²) in [6, 6.07) is 1.66. The molecule has 0 bridgehead atoms. The van der Waals surface area contributed by atoms with Crippen LogP contribution in [0.4, 0.5) is 0 Å². The second-order valence-corrected chi connectivity index (χ2v) is 5.30. The number of piperazine rings is 1.